The van der Waals surface area contributed by atoms with Gasteiger partial charge in [0.15, 0.2) is 0 Å². The fraction of sp³-hybridized carbons (Fsp3) is 0.200. The molecule has 0 unspecified atom stereocenters. The van der Waals surface area contributed by atoms with Crippen molar-refractivity contribution < 1.29 is 0 Å². The number of benzene rings is 7. The molecule has 0 fully saturated rings. The van der Waals surface area contributed by atoms with Crippen LogP contribution < -0.4 is 0 Å². The van der Waals surface area contributed by atoms with E-state index in [0.717, 1.165) is 48.1 Å². The lowest BCUT2D eigenvalue weighted by Crippen LogP contribution is -2.13. The van der Waals surface area contributed by atoms with Crippen LogP contribution in [0, 0.1) is 0 Å². The van der Waals surface area contributed by atoms with Crippen molar-refractivity contribution >= 4 is 21.8 Å². The molecule has 11 rings (SSSR count). The highest BCUT2D eigenvalue weighted by molar-refractivity contribution is 6.02. The van der Waals surface area contributed by atoms with Gasteiger partial charge in [0.05, 0.1) is 22.4 Å². The molecule has 302 valence electrons. The van der Waals surface area contributed by atoms with Gasteiger partial charge < -0.3 is 0 Å². The Morgan fingerprint density at radius 1 is 0.355 bits per heavy atom. The standard InChI is InChI=1S/C60H52N2/c1-59(2,3)45-29-23-39(24-30-45)37-15-19-41(20-16-37)55-47-11-7-9-13-53(47)61-57-49(55)33-27-43-36-52-44(35-51(43)57)28-34-50-56(48-12-8-10-14-54(48)62-58(50)52)42-21-17-38(18-22-42)40-25-31-46(32-26-40)60(4,5)6/h7-26,29-32,35-36H,27-28,33-34H2,1-6H3. The summed E-state index contributed by atoms with van der Waals surface area (Å²) in [5.74, 6) is 0. The van der Waals surface area contributed by atoms with Crippen molar-refractivity contribution in [2.45, 2.75) is 78.1 Å². The number of rotatable bonds is 4. The Morgan fingerprint density at radius 3 is 1.03 bits per heavy atom. The summed E-state index contributed by atoms with van der Waals surface area (Å²) in [5.41, 5.74) is 25.5. The zero-order valence-electron chi connectivity index (χ0n) is 36.7. The number of aromatic nitrogens is 2. The van der Waals surface area contributed by atoms with Gasteiger partial charge in [-0.05, 0) is 139 Å². The highest BCUT2D eigenvalue weighted by atomic mass is 14.7. The molecule has 0 bridgehead atoms. The van der Waals surface area contributed by atoms with Gasteiger partial charge in [0, 0.05) is 21.9 Å². The third-order valence-corrected chi connectivity index (χ3v) is 13.6. The minimum atomic E-state index is 0.135. The van der Waals surface area contributed by atoms with Crippen molar-refractivity contribution in [2.24, 2.45) is 0 Å². The van der Waals surface area contributed by atoms with E-state index in [1.807, 2.05) is 0 Å². The van der Waals surface area contributed by atoms with Crippen LogP contribution in [-0.2, 0) is 36.5 Å². The average Bonchev–Trinajstić information content (AvgIpc) is 3.29. The average molecular weight is 801 g/mol. The Bertz CT molecular complexity index is 2970. The zero-order valence-corrected chi connectivity index (χ0v) is 36.7. The largest absolute Gasteiger partial charge is 0.247 e. The molecule has 0 aliphatic heterocycles. The third kappa shape index (κ3) is 6.56. The molecule has 2 nitrogen and oxygen atoms in total. The van der Waals surface area contributed by atoms with E-state index < -0.39 is 0 Å². The minimum Gasteiger partial charge on any atom is -0.247 e. The Kier molecular flexibility index (Phi) is 8.95. The second kappa shape index (κ2) is 14.5. The molecule has 2 aromatic heterocycles. The van der Waals surface area contributed by atoms with Gasteiger partial charge in [0.1, 0.15) is 0 Å². The summed E-state index contributed by atoms with van der Waals surface area (Å²) >= 11 is 0. The first-order valence-corrected chi connectivity index (χ1v) is 22.4. The summed E-state index contributed by atoms with van der Waals surface area (Å²) in [6, 6.07) is 58.9. The van der Waals surface area contributed by atoms with Gasteiger partial charge in [0.2, 0.25) is 0 Å². The normalized spacial score (nSPS) is 13.4. The van der Waals surface area contributed by atoms with Crippen molar-refractivity contribution in [3.05, 3.63) is 191 Å². The molecule has 0 N–H and O–H groups in total. The minimum absolute atomic E-state index is 0.135. The van der Waals surface area contributed by atoms with E-state index in [4.69, 9.17) is 9.97 Å². The summed E-state index contributed by atoms with van der Waals surface area (Å²) < 4.78 is 0. The van der Waals surface area contributed by atoms with E-state index >= 15 is 0 Å². The number of aryl methyl sites for hydroxylation is 2. The molecule has 0 saturated heterocycles. The van der Waals surface area contributed by atoms with E-state index in [2.05, 4.69) is 199 Å². The Balaban J connectivity index is 0.985. The van der Waals surface area contributed by atoms with Crippen LogP contribution in [0.4, 0.5) is 0 Å². The summed E-state index contributed by atoms with van der Waals surface area (Å²) in [5, 5.41) is 2.44. The first kappa shape index (κ1) is 38.3. The maximum atomic E-state index is 5.45. The molecule has 2 heterocycles. The SMILES string of the molecule is CC(C)(C)c1ccc(-c2ccc(-c3c4c(nc5ccccc35)-c3cc5c(cc3CC4)-c3nc4ccccc4c(-c4ccc(-c6ccc(C(C)(C)C)cc6)cc4)c3CC5)cc2)cc1. The number of para-hydroxylation sites is 2. The molecule has 0 atom stereocenters. The van der Waals surface area contributed by atoms with Crippen molar-refractivity contribution in [2.75, 3.05) is 0 Å². The molecule has 62 heavy (non-hydrogen) atoms. The quantitative estimate of drug-likeness (QED) is 0.177. The molecule has 2 heteroatoms. The number of fused-ring (bicyclic) bond motifs is 8. The van der Waals surface area contributed by atoms with Gasteiger partial charge in [-0.3, -0.25) is 0 Å². The molecular formula is C60H52N2. The lowest BCUT2D eigenvalue weighted by atomic mass is 9.78. The van der Waals surface area contributed by atoms with Crippen LogP contribution in [0.15, 0.2) is 158 Å². The van der Waals surface area contributed by atoms with Crippen molar-refractivity contribution in [1.29, 1.82) is 0 Å². The second-order valence-electron chi connectivity index (χ2n) is 19.6. The van der Waals surface area contributed by atoms with E-state index in [1.54, 1.807) is 0 Å². The van der Waals surface area contributed by atoms with Crippen LogP contribution in [-0.4, -0.2) is 9.97 Å². The number of nitrogens with zero attached hydrogens (tertiary/aromatic N) is 2. The topological polar surface area (TPSA) is 25.8 Å². The van der Waals surface area contributed by atoms with Gasteiger partial charge in [-0.1, -0.05) is 175 Å². The molecule has 7 aromatic carbocycles. The predicted octanol–water partition coefficient (Wildman–Crippen LogP) is 15.6. The number of pyridine rings is 2. The van der Waals surface area contributed by atoms with Gasteiger partial charge in [-0.2, -0.15) is 0 Å². The van der Waals surface area contributed by atoms with Crippen molar-refractivity contribution in [1.82, 2.24) is 9.97 Å². The van der Waals surface area contributed by atoms with E-state index in [1.165, 1.54) is 99.8 Å². The van der Waals surface area contributed by atoms with Gasteiger partial charge in [0.25, 0.3) is 0 Å². The van der Waals surface area contributed by atoms with Crippen LogP contribution in [0.2, 0.25) is 0 Å². The summed E-state index contributed by atoms with van der Waals surface area (Å²) in [6.07, 6.45) is 3.82. The maximum absolute atomic E-state index is 5.45. The first-order chi connectivity index (χ1) is 30.0. The third-order valence-electron chi connectivity index (χ3n) is 13.6. The van der Waals surface area contributed by atoms with E-state index in [-0.39, 0.29) is 10.8 Å². The van der Waals surface area contributed by atoms with Gasteiger partial charge in [-0.25, -0.2) is 9.97 Å². The van der Waals surface area contributed by atoms with Crippen LogP contribution in [0.25, 0.3) is 88.8 Å². The molecular weight excluding hydrogens is 749 g/mol. The van der Waals surface area contributed by atoms with Gasteiger partial charge in [-0.15, -0.1) is 0 Å². The fourth-order valence-corrected chi connectivity index (χ4v) is 10.1. The summed E-state index contributed by atoms with van der Waals surface area (Å²) in [4.78, 5) is 10.9. The lowest BCUT2D eigenvalue weighted by Gasteiger charge is -2.28. The van der Waals surface area contributed by atoms with Crippen LogP contribution in [0.5, 0.6) is 0 Å². The molecule has 0 spiro atoms. The van der Waals surface area contributed by atoms with Crippen molar-refractivity contribution in [3.8, 4) is 67.0 Å². The molecule has 2 aliphatic carbocycles. The molecule has 0 amide bonds. The smallest absolute Gasteiger partial charge is 0.0750 e. The number of hydrogen-bond donors (Lipinski definition) is 0. The van der Waals surface area contributed by atoms with Crippen molar-refractivity contribution in [3.63, 3.8) is 0 Å². The monoisotopic (exact) mass is 800 g/mol. The second-order valence-corrected chi connectivity index (χ2v) is 19.6. The Labute approximate surface area is 366 Å². The molecule has 9 aromatic rings. The molecule has 0 radical (unpaired) electrons. The number of hydrogen-bond acceptors (Lipinski definition) is 2. The summed E-state index contributed by atoms with van der Waals surface area (Å²) in [6.45, 7) is 13.6. The Morgan fingerprint density at radius 2 is 0.677 bits per heavy atom. The van der Waals surface area contributed by atoms with Gasteiger partial charge >= 0.3 is 0 Å². The highest BCUT2D eigenvalue weighted by Crippen LogP contribution is 2.47. The molecule has 0 saturated carbocycles. The maximum Gasteiger partial charge on any atom is 0.0750 e. The Hall–Kier alpha value is -6.64. The first-order valence-electron chi connectivity index (χ1n) is 22.4. The molecule has 2 aliphatic rings. The zero-order chi connectivity index (χ0) is 42.3. The lowest BCUT2D eigenvalue weighted by molar-refractivity contribution is 0.590. The van der Waals surface area contributed by atoms with E-state index in [0.29, 0.717) is 0 Å². The van der Waals surface area contributed by atoms with Crippen LogP contribution >= 0.6 is 0 Å². The summed E-state index contributed by atoms with van der Waals surface area (Å²) in [7, 11) is 0. The fourth-order valence-electron chi connectivity index (χ4n) is 10.1. The van der Waals surface area contributed by atoms with E-state index in [9.17, 15) is 0 Å². The van der Waals surface area contributed by atoms with Crippen LogP contribution in [0.1, 0.15) is 74.9 Å². The van der Waals surface area contributed by atoms with Crippen LogP contribution in [0.3, 0.4) is 0 Å². The highest BCUT2D eigenvalue weighted by Gasteiger charge is 2.29. The predicted molar refractivity (Wildman–Crippen MR) is 262 cm³/mol.